The van der Waals surface area contributed by atoms with Crippen LogP contribution in [0.3, 0.4) is 0 Å². The van der Waals surface area contributed by atoms with Crippen molar-refractivity contribution in [3.05, 3.63) is 11.6 Å². The summed E-state index contributed by atoms with van der Waals surface area (Å²) in [6.07, 6.45) is -25.6. The SMILES string of the molecule is C[C@H](CC[C@@]1(O)O[C@H]2C[C@@]3(O)[C@@H]4CC=C5C[C@@H](O[C@@H]6O[C@H](CO)[C@@H](O[C@@H]7OC[C@@H](O)[C@H](O)[C@H]7O)[C@H](O)[C@H]6O[C@@H]6O[C@@H](C)[C@H](O)[C@@H](O)[C@H]6O)CC[C@]5(C)[C@H]4C[C@@H](O)[C@]3(C)[C@H]2[C@@H]1C)CO[C@@H]1O[C@H](CO)[C@@H](O)[C@H](O)[C@H]1O. The molecular formula is C50H82O24. The Hall–Kier alpha value is -1.22. The Labute approximate surface area is 429 Å². The van der Waals surface area contributed by atoms with Crippen molar-refractivity contribution in [3.63, 3.8) is 0 Å². The van der Waals surface area contributed by atoms with E-state index in [1.54, 1.807) is 0 Å². The minimum atomic E-state index is -1.79. The molecule has 0 radical (unpaired) electrons. The van der Waals surface area contributed by atoms with Gasteiger partial charge in [-0.25, -0.2) is 0 Å². The van der Waals surface area contributed by atoms with Crippen LogP contribution in [0, 0.1) is 40.4 Å². The van der Waals surface area contributed by atoms with Crippen molar-refractivity contribution < 1.29 is 119 Å². The van der Waals surface area contributed by atoms with Crippen LogP contribution in [0.15, 0.2) is 11.6 Å². The molecule has 0 unspecified atom stereocenters. The third-order valence-corrected chi connectivity index (χ3v) is 19.4. The number of fused-ring (bicyclic) bond motifs is 7. The summed E-state index contributed by atoms with van der Waals surface area (Å²) in [5, 5.41) is 163. The Bertz CT molecular complexity index is 1950. The molecule has 0 aromatic heterocycles. The van der Waals surface area contributed by atoms with Crippen molar-refractivity contribution in [1.29, 1.82) is 0 Å². The molecule has 0 spiro atoms. The first-order valence-electron chi connectivity index (χ1n) is 26.5. The number of aliphatic hydroxyl groups excluding tert-OH is 13. The van der Waals surface area contributed by atoms with Crippen molar-refractivity contribution in [3.8, 4) is 0 Å². The van der Waals surface area contributed by atoms with Gasteiger partial charge in [-0.2, -0.15) is 0 Å². The molecule has 0 bridgehead atoms. The minimum absolute atomic E-state index is 0.0644. The number of allylic oxidation sites excluding steroid dienone is 1. The van der Waals surface area contributed by atoms with E-state index in [-0.39, 0.29) is 37.2 Å². The number of hydrogen-bond acceptors (Lipinski definition) is 24. The molecule has 8 fully saturated rings. The summed E-state index contributed by atoms with van der Waals surface area (Å²) in [4.78, 5) is 0. The maximum absolute atomic E-state index is 13.1. The fourth-order valence-electron chi connectivity index (χ4n) is 14.6. The average molecular weight is 1070 g/mol. The van der Waals surface area contributed by atoms with E-state index in [0.717, 1.165) is 5.57 Å². The zero-order valence-electron chi connectivity index (χ0n) is 42.5. The van der Waals surface area contributed by atoms with Gasteiger partial charge in [-0.15, -0.1) is 0 Å². The summed E-state index contributed by atoms with van der Waals surface area (Å²) in [6, 6.07) is 0. The van der Waals surface area contributed by atoms with Crippen molar-refractivity contribution in [2.24, 2.45) is 40.4 Å². The number of aliphatic hydroxyl groups is 15. The first-order valence-corrected chi connectivity index (χ1v) is 26.5. The van der Waals surface area contributed by atoms with Crippen molar-refractivity contribution in [1.82, 2.24) is 0 Å². The summed E-state index contributed by atoms with van der Waals surface area (Å²) < 4.78 is 53.8. The molecule has 5 aliphatic heterocycles. The summed E-state index contributed by atoms with van der Waals surface area (Å²) in [6.45, 7) is 7.61. The quantitative estimate of drug-likeness (QED) is 0.0732. The molecule has 0 aromatic rings. The van der Waals surface area contributed by atoms with Gasteiger partial charge in [-0.05, 0) is 68.6 Å². The third-order valence-electron chi connectivity index (χ3n) is 19.4. The zero-order chi connectivity index (χ0) is 53.7. The molecule has 74 heavy (non-hydrogen) atoms. The largest absolute Gasteiger partial charge is 0.394 e. The molecule has 9 aliphatic rings. The van der Waals surface area contributed by atoms with Crippen LogP contribution in [0.2, 0.25) is 0 Å². The van der Waals surface area contributed by atoms with Crippen molar-refractivity contribution in [2.75, 3.05) is 26.4 Å². The highest BCUT2D eigenvalue weighted by Gasteiger charge is 2.76. The Kier molecular flexibility index (Phi) is 16.8. The summed E-state index contributed by atoms with van der Waals surface area (Å²) in [5.41, 5.74) is -1.89. The average Bonchev–Trinajstić information content (AvgIpc) is 3.76. The lowest BCUT2D eigenvalue weighted by molar-refractivity contribution is -0.386. The van der Waals surface area contributed by atoms with E-state index in [9.17, 15) is 76.6 Å². The van der Waals surface area contributed by atoms with Crippen LogP contribution in [0.4, 0.5) is 0 Å². The highest BCUT2D eigenvalue weighted by molar-refractivity contribution is 5.31. The number of ether oxygens (including phenoxy) is 9. The van der Waals surface area contributed by atoms with Crippen LogP contribution in [-0.4, -0.2) is 249 Å². The Morgan fingerprint density at radius 1 is 0.703 bits per heavy atom. The fourth-order valence-corrected chi connectivity index (χ4v) is 14.6. The van der Waals surface area contributed by atoms with Gasteiger partial charge in [-0.3, -0.25) is 0 Å². The first kappa shape index (κ1) is 57.5. The summed E-state index contributed by atoms with van der Waals surface area (Å²) in [5.74, 6) is -3.11. The van der Waals surface area contributed by atoms with Gasteiger partial charge in [0.15, 0.2) is 30.9 Å². The molecule has 4 aliphatic carbocycles. The first-order chi connectivity index (χ1) is 34.8. The van der Waals surface area contributed by atoms with Gasteiger partial charge in [0.25, 0.3) is 0 Å². The second-order valence-electron chi connectivity index (χ2n) is 23.6. The highest BCUT2D eigenvalue weighted by Crippen LogP contribution is 2.71. The lowest BCUT2D eigenvalue weighted by Crippen LogP contribution is -2.67. The van der Waals surface area contributed by atoms with Gasteiger partial charge >= 0.3 is 0 Å². The normalized spacial score (nSPS) is 55.9. The van der Waals surface area contributed by atoms with E-state index in [4.69, 9.17) is 42.6 Å². The lowest BCUT2D eigenvalue weighted by atomic mass is 9.44. The molecule has 5 saturated heterocycles. The number of hydrogen-bond donors (Lipinski definition) is 15. The monoisotopic (exact) mass is 1070 g/mol. The minimum Gasteiger partial charge on any atom is -0.394 e. The molecule has 24 nitrogen and oxygen atoms in total. The lowest BCUT2D eigenvalue weighted by Gasteiger charge is -2.63. The van der Waals surface area contributed by atoms with Crippen LogP contribution in [0.25, 0.3) is 0 Å². The van der Waals surface area contributed by atoms with E-state index >= 15 is 0 Å². The standard InChI is InChI=1S/C50H82O24/c1-19(17-66-43-38(61)36(59)34(57)28(15-51)70-43)8-11-50(65)20(2)31-27(74-50)14-49(64)24-7-6-22-12-23(9-10-47(22,4)25(24)13-30(54)48(31,49)5)69-46-42(73-45-39(62)35(58)32(55)21(3)68-45)40(63)41(29(16-52)71-46)72-44-37(60)33(56)26(53)18-67-44/h6,19-21,23-46,51-65H,7-18H2,1-5H3/t19-,20+,21+,23+,24-,25+,26-,27+,28-,29-,30-,31+,32+,33+,34-,35-,36+,37-,38-,39-,40+,41-,42-,43-,44+,45+,46-,47+,48-,49-,50-/m1/s1. The molecule has 24 heteroatoms. The van der Waals surface area contributed by atoms with Crippen molar-refractivity contribution in [2.45, 2.75) is 232 Å². The Morgan fingerprint density at radius 2 is 1.35 bits per heavy atom. The molecule has 9 rings (SSSR count). The summed E-state index contributed by atoms with van der Waals surface area (Å²) >= 11 is 0. The zero-order valence-corrected chi connectivity index (χ0v) is 42.5. The van der Waals surface area contributed by atoms with Crippen LogP contribution >= 0.6 is 0 Å². The predicted octanol–water partition coefficient (Wildman–Crippen LogP) is -4.28. The van der Waals surface area contributed by atoms with E-state index in [1.807, 2.05) is 20.8 Å². The van der Waals surface area contributed by atoms with Crippen LogP contribution < -0.4 is 0 Å². The molecule has 426 valence electrons. The molecule has 0 amide bonds. The van der Waals surface area contributed by atoms with Gasteiger partial charge in [0.1, 0.15) is 85.5 Å². The van der Waals surface area contributed by atoms with E-state index in [1.165, 1.54) is 6.92 Å². The second kappa shape index (κ2) is 21.7. The molecule has 31 atom stereocenters. The maximum atomic E-state index is 13.1. The van der Waals surface area contributed by atoms with E-state index in [0.29, 0.717) is 38.5 Å². The van der Waals surface area contributed by atoms with Gasteiger partial charge in [0, 0.05) is 30.1 Å². The van der Waals surface area contributed by atoms with Gasteiger partial charge in [0.05, 0.1) is 56.4 Å². The smallest absolute Gasteiger partial charge is 0.187 e. The summed E-state index contributed by atoms with van der Waals surface area (Å²) in [7, 11) is 0. The topological polar surface area (TPSA) is 387 Å². The molecule has 0 aromatic carbocycles. The molecule has 3 saturated carbocycles. The van der Waals surface area contributed by atoms with Crippen LogP contribution in [0.1, 0.15) is 86.0 Å². The van der Waals surface area contributed by atoms with Gasteiger partial charge in [-0.1, -0.05) is 39.3 Å². The molecule has 15 N–H and O–H groups in total. The van der Waals surface area contributed by atoms with Crippen molar-refractivity contribution >= 4 is 0 Å². The Balaban J connectivity index is 0.870. The molecule has 5 heterocycles. The van der Waals surface area contributed by atoms with Gasteiger partial charge in [0.2, 0.25) is 0 Å². The van der Waals surface area contributed by atoms with Crippen LogP contribution in [-0.2, 0) is 42.6 Å². The van der Waals surface area contributed by atoms with Gasteiger partial charge < -0.3 is 119 Å². The number of rotatable bonds is 14. The Morgan fingerprint density at radius 3 is 2.05 bits per heavy atom. The highest BCUT2D eigenvalue weighted by atomic mass is 16.8. The molecular weight excluding hydrogens is 985 g/mol. The van der Waals surface area contributed by atoms with E-state index < -0.39 is 189 Å². The maximum Gasteiger partial charge on any atom is 0.187 e. The second-order valence-corrected chi connectivity index (χ2v) is 23.6. The van der Waals surface area contributed by atoms with E-state index in [2.05, 4.69) is 13.0 Å². The van der Waals surface area contributed by atoms with Crippen LogP contribution in [0.5, 0.6) is 0 Å². The predicted molar refractivity (Wildman–Crippen MR) is 247 cm³/mol. The fraction of sp³-hybridized carbons (Fsp3) is 0.960. The third kappa shape index (κ3) is 9.67.